The number of hydrogen-bond donors (Lipinski definition) is 6. The fourth-order valence-corrected chi connectivity index (χ4v) is 7.37. The number of nitrogens with zero attached hydrogens (tertiary/aromatic N) is 2. The average Bonchev–Trinajstić information content (AvgIpc) is 3.72. The highest BCUT2D eigenvalue weighted by Crippen LogP contribution is 2.40. The summed E-state index contributed by atoms with van der Waals surface area (Å²) in [6.07, 6.45) is 4.67. The van der Waals surface area contributed by atoms with E-state index in [1.54, 1.807) is 35.6 Å². The lowest BCUT2D eigenvalue weighted by Crippen LogP contribution is -2.16. The van der Waals surface area contributed by atoms with Gasteiger partial charge in [-0.05, 0) is 112 Å². The van der Waals surface area contributed by atoms with Crippen LogP contribution >= 0.6 is 11.3 Å². The molecular formula is C44H46N4O4S. The van der Waals surface area contributed by atoms with Gasteiger partial charge in [0, 0.05) is 27.1 Å². The zero-order valence-electron chi connectivity index (χ0n) is 30.3. The van der Waals surface area contributed by atoms with Crippen LogP contribution in [-0.2, 0) is 19.3 Å². The minimum Gasteiger partial charge on any atom is -0.508 e. The first-order valence-electron chi connectivity index (χ1n) is 17.7. The number of phenolic OH excluding ortho intramolecular Hbond substituents is 2. The molecule has 8 N–H and O–H groups in total. The maximum Gasteiger partial charge on any atom is 0.170 e. The molecule has 0 saturated carbocycles. The quantitative estimate of drug-likeness (QED) is 0.0338. The molecule has 0 unspecified atom stereocenters. The highest BCUT2D eigenvalue weighted by Gasteiger charge is 2.20. The van der Waals surface area contributed by atoms with Crippen LogP contribution in [0.1, 0.15) is 61.4 Å². The minimum atomic E-state index is 0.0962. The predicted molar refractivity (Wildman–Crippen MR) is 218 cm³/mol. The summed E-state index contributed by atoms with van der Waals surface area (Å²) in [4.78, 5) is 1.05. The molecule has 0 spiro atoms. The van der Waals surface area contributed by atoms with Crippen molar-refractivity contribution in [1.29, 1.82) is 0 Å². The summed E-state index contributed by atoms with van der Waals surface area (Å²) in [5.74, 6) is 0.642. The Morgan fingerprint density at radius 1 is 0.585 bits per heavy atom. The van der Waals surface area contributed by atoms with Gasteiger partial charge in [0.05, 0.1) is 0 Å². The molecule has 0 fully saturated rings. The second-order valence-electron chi connectivity index (χ2n) is 12.7. The number of thiophene rings is 1. The van der Waals surface area contributed by atoms with Crippen molar-refractivity contribution >= 4 is 23.0 Å². The monoisotopic (exact) mass is 726 g/mol. The Hall–Kier alpha value is -6.06. The molecule has 0 aliphatic heterocycles. The van der Waals surface area contributed by atoms with Crippen molar-refractivity contribution in [3.05, 3.63) is 142 Å². The van der Waals surface area contributed by atoms with E-state index in [9.17, 15) is 20.6 Å². The number of aromatic hydroxyl groups is 2. The Morgan fingerprint density at radius 3 is 1.53 bits per heavy atom. The lowest BCUT2D eigenvalue weighted by atomic mass is 9.85. The molecule has 6 rings (SSSR count). The number of oxime groups is 2. The molecule has 5 aromatic carbocycles. The Balaban J connectivity index is 0.000000206. The van der Waals surface area contributed by atoms with Crippen LogP contribution in [0.4, 0.5) is 0 Å². The van der Waals surface area contributed by atoms with E-state index in [-0.39, 0.29) is 23.2 Å². The van der Waals surface area contributed by atoms with E-state index in [1.807, 2.05) is 66.0 Å². The Bertz CT molecular complexity index is 2190. The summed E-state index contributed by atoms with van der Waals surface area (Å²) >= 11 is 1.61. The molecular weight excluding hydrogens is 681 g/mol. The number of benzene rings is 5. The number of amidine groups is 2. The molecule has 0 saturated heterocycles. The van der Waals surface area contributed by atoms with E-state index < -0.39 is 0 Å². The van der Waals surface area contributed by atoms with Gasteiger partial charge in [-0.25, -0.2) is 0 Å². The molecule has 0 amide bonds. The van der Waals surface area contributed by atoms with Crippen LogP contribution in [0.2, 0.25) is 0 Å². The SMILES string of the molecule is CCCc1cc(/C(N)=N/O)c(-c2ccccc2CC)c(-c2ccc(O)cc2)c1.CCCc1cc(/C(N)=N/O)c(-c2cccs2)c(-c2ccc(O)cc2)c1. The third-order valence-corrected chi connectivity index (χ3v) is 9.92. The van der Waals surface area contributed by atoms with Gasteiger partial charge in [0.25, 0.3) is 0 Å². The lowest BCUT2D eigenvalue weighted by molar-refractivity contribution is 0.318. The van der Waals surface area contributed by atoms with Gasteiger partial charge in [0.1, 0.15) is 11.5 Å². The van der Waals surface area contributed by atoms with Crippen LogP contribution in [-0.4, -0.2) is 32.3 Å². The second-order valence-corrected chi connectivity index (χ2v) is 13.6. The van der Waals surface area contributed by atoms with Gasteiger partial charge in [-0.2, -0.15) is 0 Å². The van der Waals surface area contributed by atoms with Gasteiger partial charge < -0.3 is 32.1 Å². The molecule has 6 aromatic rings. The summed E-state index contributed by atoms with van der Waals surface area (Å²) in [5.41, 5.74) is 23.9. The third kappa shape index (κ3) is 8.88. The van der Waals surface area contributed by atoms with Crippen LogP contribution in [0.25, 0.3) is 43.8 Å². The number of phenols is 2. The number of nitrogens with two attached hydrogens (primary N) is 2. The number of aryl methyl sites for hydroxylation is 3. The van der Waals surface area contributed by atoms with Crippen molar-refractivity contribution in [2.24, 2.45) is 21.8 Å². The van der Waals surface area contributed by atoms with Crippen molar-refractivity contribution in [1.82, 2.24) is 0 Å². The van der Waals surface area contributed by atoms with Crippen LogP contribution in [0, 0.1) is 0 Å². The fraction of sp³-hybridized carbons (Fsp3) is 0.182. The highest BCUT2D eigenvalue weighted by molar-refractivity contribution is 7.13. The van der Waals surface area contributed by atoms with Gasteiger partial charge in [-0.1, -0.05) is 111 Å². The smallest absolute Gasteiger partial charge is 0.170 e. The highest BCUT2D eigenvalue weighted by atomic mass is 32.1. The first-order valence-corrected chi connectivity index (χ1v) is 18.6. The Labute approximate surface area is 315 Å². The summed E-state index contributed by atoms with van der Waals surface area (Å²) < 4.78 is 0. The first kappa shape index (κ1) is 38.2. The molecule has 53 heavy (non-hydrogen) atoms. The Kier molecular flexibility index (Phi) is 12.9. The van der Waals surface area contributed by atoms with Gasteiger partial charge in [0.2, 0.25) is 0 Å². The largest absolute Gasteiger partial charge is 0.508 e. The average molecular weight is 727 g/mol. The molecule has 0 atom stereocenters. The lowest BCUT2D eigenvalue weighted by Gasteiger charge is -2.19. The standard InChI is InChI=1S/C24H26N2O2.C20H20N2O2S/c1-3-7-16-14-21(18-10-12-19(27)13-11-18)23(22(15-16)24(25)26-28)20-9-6-5-8-17(20)4-2;1-2-4-13-11-16(14-6-8-15(23)9-7-14)19(18-5-3-10-25-18)17(12-13)20(21)22-24/h5-6,8-15,27-28H,3-4,7H2,1-2H3,(H2,25,26);3,5-12,23-24H,2,4H2,1H3,(H2,21,22). The number of hydrogen-bond acceptors (Lipinski definition) is 7. The number of rotatable bonds is 11. The van der Waals surface area contributed by atoms with Gasteiger partial charge >= 0.3 is 0 Å². The topological polar surface area (TPSA) is 158 Å². The maximum absolute atomic E-state index is 9.72. The molecule has 272 valence electrons. The van der Waals surface area contributed by atoms with Crippen molar-refractivity contribution in [3.63, 3.8) is 0 Å². The van der Waals surface area contributed by atoms with Crippen molar-refractivity contribution in [2.45, 2.75) is 52.9 Å². The zero-order chi connectivity index (χ0) is 37.9. The summed E-state index contributed by atoms with van der Waals surface area (Å²) in [5, 5.41) is 46.6. The first-order chi connectivity index (χ1) is 25.7. The van der Waals surface area contributed by atoms with Crippen LogP contribution in [0.5, 0.6) is 11.5 Å². The van der Waals surface area contributed by atoms with E-state index in [0.29, 0.717) is 0 Å². The predicted octanol–water partition coefficient (Wildman–Crippen LogP) is 10.2. The molecule has 1 aromatic heterocycles. The van der Waals surface area contributed by atoms with Crippen molar-refractivity contribution in [2.75, 3.05) is 0 Å². The van der Waals surface area contributed by atoms with Crippen LogP contribution in [0.15, 0.2) is 125 Å². The van der Waals surface area contributed by atoms with Crippen molar-refractivity contribution in [3.8, 4) is 55.3 Å². The summed E-state index contributed by atoms with van der Waals surface area (Å²) in [6.45, 7) is 6.37. The fourth-order valence-electron chi connectivity index (χ4n) is 6.57. The molecule has 0 bridgehead atoms. The molecule has 0 aliphatic rings. The third-order valence-electron chi connectivity index (χ3n) is 9.03. The normalized spacial score (nSPS) is 11.6. The van der Waals surface area contributed by atoms with Crippen LogP contribution < -0.4 is 11.5 Å². The van der Waals surface area contributed by atoms with Crippen LogP contribution in [0.3, 0.4) is 0 Å². The molecule has 0 aliphatic carbocycles. The van der Waals surface area contributed by atoms with E-state index in [4.69, 9.17) is 11.5 Å². The second kappa shape index (κ2) is 17.9. The molecule has 9 heteroatoms. The minimum absolute atomic E-state index is 0.0962. The van der Waals surface area contributed by atoms with E-state index >= 15 is 0 Å². The molecule has 1 heterocycles. The summed E-state index contributed by atoms with van der Waals surface area (Å²) in [7, 11) is 0. The maximum atomic E-state index is 9.72. The van der Waals surface area contributed by atoms with Gasteiger partial charge in [0.15, 0.2) is 11.7 Å². The summed E-state index contributed by atoms with van der Waals surface area (Å²) in [6, 6.07) is 34.8. The molecule has 0 radical (unpaired) electrons. The van der Waals surface area contributed by atoms with Crippen molar-refractivity contribution < 1.29 is 20.6 Å². The molecule has 8 nitrogen and oxygen atoms in total. The van der Waals surface area contributed by atoms with E-state index in [1.165, 1.54) is 5.56 Å². The Morgan fingerprint density at radius 2 is 1.08 bits per heavy atom. The zero-order valence-corrected chi connectivity index (χ0v) is 31.1. The van der Waals surface area contributed by atoms with E-state index in [2.05, 4.69) is 55.3 Å². The van der Waals surface area contributed by atoms with Gasteiger partial charge in [-0.3, -0.25) is 0 Å². The van der Waals surface area contributed by atoms with E-state index in [0.717, 1.165) is 98.2 Å². The van der Waals surface area contributed by atoms with Gasteiger partial charge in [-0.15, -0.1) is 11.3 Å².